The highest BCUT2D eigenvalue weighted by molar-refractivity contribution is 6.10. The maximum absolute atomic E-state index is 6.27. The Morgan fingerprint density at radius 2 is 0.851 bits per heavy atom. The van der Waals surface area contributed by atoms with Gasteiger partial charge >= 0.3 is 0 Å². The van der Waals surface area contributed by atoms with E-state index in [2.05, 4.69) is 252 Å². The predicted octanol–water partition coefficient (Wildman–Crippen LogP) is 18.0. The summed E-state index contributed by atoms with van der Waals surface area (Å²) in [6.07, 6.45) is 0. The molecule has 0 fully saturated rings. The average Bonchev–Trinajstić information content (AvgIpc) is 3.95. The molecule has 0 radical (unpaired) electrons. The molecule has 67 heavy (non-hydrogen) atoms. The molecule has 3 nitrogen and oxygen atoms in total. The molecule has 0 saturated heterocycles. The normalized spacial score (nSPS) is 11.6. The van der Waals surface area contributed by atoms with Crippen LogP contribution >= 0.6 is 0 Å². The summed E-state index contributed by atoms with van der Waals surface area (Å²) in [5, 5.41) is 7.25. The lowest BCUT2D eigenvalue weighted by Gasteiger charge is -2.28. The Morgan fingerprint density at radius 1 is 0.299 bits per heavy atom. The summed E-state index contributed by atoms with van der Waals surface area (Å²) in [5.41, 5.74) is 17.9. The van der Waals surface area contributed by atoms with Crippen molar-refractivity contribution >= 4 is 71.6 Å². The number of nitrogens with zero attached hydrogens (tertiary/aromatic N) is 2. The van der Waals surface area contributed by atoms with Crippen LogP contribution in [0.4, 0.5) is 17.1 Å². The molecule has 314 valence electrons. The molecule has 0 amide bonds. The minimum atomic E-state index is 0.885. The minimum absolute atomic E-state index is 0.885. The molecule has 0 bridgehead atoms. The molecule has 13 rings (SSSR count). The van der Waals surface area contributed by atoms with E-state index in [0.29, 0.717) is 0 Å². The summed E-state index contributed by atoms with van der Waals surface area (Å²) in [6, 6.07) is 92.0. The van der Waals surface area contributed by atoms with Gasteiger partial charge in [0.25, 0.3) is 0 Å². The predicted molar refractivity (Wildman–Crippen MR) is 282 cm³/mol. The topological polar surface area (TPSA) is 21.3 Å². The van der Waals surface area contributed by atoms with E-state index >= 15 is 0 Å². The van der Waals surface area contributed by atoms with Crippen molar-refractivity contribution in [3.8, 4) is 50.2 Å². The van der Waals surface area contributed by atoms with Gasteiger partial charge in [0.1, 0.15) is 11.2 Å². The Bertz CT molecular complexity index is 3930. The van der Waals surface area contributed by atoms with E-state index < -0.39 is 0 Å². The maximum Gasteiger partial charge on any atom is 0.135 e. The summed E-state index contributed by atoms with van der Waals surface area (Å²) in [7, 11) is 0. The summed E-state index contributed by atoms with van der Waals surface area (Å²) in [6.45, 7) is 0. The lowest BCUT2D eigenvalue weighted by atomic mass is 9.96. The second-order valence-electron chi connectivity index (χ2n) is 17.3. The van der Waals surface area contributed by atoms with Crippen molar-refractivity contribution in [1.82, 2.24) is 4.57 Å². The van der Waals surface area contributed by atoms with E-state index in [-0.39, 0.29) is 0 Å². The van der Waals surface area contributed by atoms with E-state index in [1.807, 2.05) is 12.1 Å². The second kappa shape index (κ2) is 16.0. The molecule has 0 unspecified atom stereocenters. The van der Waals surface area contributed by atoms with Crippen LogP contribution in [0.3, 0.4) is 0 Å². The lowest BCUT2D eigenvalue weighted by molar-refractivity contribution is 0.669. The van der Waals surface area contributed by atoms with Crippen LogP contribution in [0.25, 0.3) is 105 Å². The summed E-state index contributed by atoms with van der Waals surface area (Å²) in [5.74, 6) is 0. The van der Waals surface area contributed by atoms with Crippen molar-refractivity contribution < 1.29 is 4.42 Å². The zero-order valence-electron chi connectivity index (χ0n) is 36.6. The van der Waals surface area contributed by atoms with Gasteiger partial charge < -0.3 is 13.9 Å². The Balaban J connectivity index is 0.918. The first-order valence-corrected chi connectivity index (χ1v) is 22.9. The Kier molecular flexibility index (Phi) is 9.17. The number of hydrogen-bond acceptors (Lipinski definition) is 2. The van der Waals surface area contributed by atoms with Gasteiger partial charge in [-0.05, 0) is 123 Å². The Morgan fingerprint density at radius 3 is 1.64 bits per heavy atom. The van der Waals surface area contributed by atoms with Crippen molar-refractivity contribution in [3.63, 3.8) is 0 Å². The number of anilines is 3. The van der Waals surface area contributed by atoms with Crippen LogP contribution in [0.2, 0.25) is 0 Å². The van der Waals surface area contributed by atoms with E-state index in [1.54, 1.807) is 0 Å². The lowest BCUT2D eigenvalue weighted by Crippen LogP contribution is -2.11. The van der Waals surface area contributed by atoms with Gasteiger partial charge in [-0.2, -0.15) is 0 Å². The van der Waals surface area contributed by atoms with Crippen LogP contribution in [0.1, 0.15) is 0 Å². The SMILES string of the molecule is c1cc(-c2ccc(-c3cccc4ccccc34)cc2)cc(N(c2ccc(-c3cccc(-n4c5ccccc5c5ccccc54)c3)cc2)c2ccccc2-c2ccc3oc4ccccc4c3c2)c1. The molecule has 13 aromatic rings. The molecular weight excluding hydrogens is 813 g/mol. The number of benzene rings is 11. The van der Waals surface area contributed by atoms with Crippen LogP contribution in [-0.4, -0.2) is 4.57 Å². The third kappa shape index (κ3) is 6.67. The second-order valence-corrected chi connectivity index (χ2v) is 17.3. The smallest absolute Gasteiger partial charge is 0.135 e. The van der Waals surface area contributed by atoms with Gasteiger partial charge in [-0.1, -0.05) is 182 Å². The van der Waals surface area contributed by atoms with Crippen molar-refractivity contribution in [3.05, 3.63) is 255 Å². The maximum atomic E-state index is 6.27. The average molecular weight is 855 g/mol. The van der Waals surface area contributed by atoms with Crippen molar-refractivity contribution in [2.24, 2.45) is 0 Å². The molecular formula is C64H42N2O. The van der Waals surface area contributed by atoms with Crippen molar-refractivity contribution in [1.29, 1.82) is 0 Å². The largest absolute Gasteiger partial charge is 0.456 e. The molecule has 3 heteroatoms. The van der Waals surface area contributed by atoms with E-state index in [1.165, 1.54) is 43.7 Å². The van der Waals surface area contributed by atoms with Crippen LogP contribution < -0.4 is 4.90 Å². The number of fused-ring (bicyclic) bond motifs is 7. The highest BCUT2D eigenvalue weighted by Crippen LogP contribution is 2.44. The number of furan rings is 1. The quantitative estimate of drug-likeness (QED) is 0.152. The zero-order chi connectivity index (χ0) is 44.3. The molecule has 2 heterocycles. The third-order valence-electron chi connectivity index (χ3n) is 13.4. The molecule has 0 atom stereocenters. The Hall–Kier alpha value is -8.92. The van der Waals surface area contributed by atoms with E-state index in [0.717, 1.165) is 78.1 Å². The van der Waals surface area contributed by atoms with Crippen LogP contribution in [0, 0.1) is 0 Å². The van der Waals surface area contributed by atoms with E-state index in [4.69, 9.17) is 4.42 Å². The molecule has 0 spiro atoms. The van der Waals surface area contributed by atoms with Gasteiger partial charge in [0.05, 0.1) is 16.7 Å². The minimum Gasteiger partial charge on any atom is -0.456 e. The first-order chi connectivity index (χ1) is 33.2. The number of para-hydroxylation sites is 4. The standard InChI is InChI=1S/C64H42N2O/c1-2-20-53-45(14-1)15-13-25-54(53)46-32-30-43(31-33-46)47-16-11-18-51(40-47)65(60-26-7-3-21-55(60)49-36-39-64-59(42-49)58-24-6-10-29-63(58)67-64)50-37-34-44(35-38-50)48-17-12-19-52(41-48)66-61-27-8-4-22-56(61)57-23-5-9-28-62(57)66/h1-42H. The monoisotopic (exact) mass is 854 g/mol. The van der Waals surface area contributed by atoms with Gasteiger partial charge in [-0.3, -0.25) is 0 Å². The summed E-state index contributed by atoms with van der Waals surface area (Å²) in [4.78, 5) is 2.40. The highest BCUT2D eigenvalue weighted by atomic mass is 16.3. The van der Waals surface area contributed by atoms with Gasteiger partial charge in [0.15, 0.2) is 0 Å². The van der Waals surface area contributed by atoms with Gasteiger partial charge in [-0.15, -0.1) is 0 Å². The van der Waals surface area contributed by atoms with Gasteiger partial charge in [-0.25, -0.2) is 0 Å². The third-order valence-corrected chi connectivity index (χ3v) is 13.4. The number of rotatable bonds is 8. The summed E-state index contributed by atoms with van der Waals surface area (Å²) >= 11 is 0. The Labute approximate surface area is 388 Å². The van der Waals surface area contributed by atoms with Crippen LogP contribution in [0.15, 0.2) is 259 Å². The first kappa shape index (κ1) is 38.5. The molecule has 11 aromatic carbocycles. The fourth-order valence-corrected chi connectivity index (χ4v) is 10.2. The highest BCUT2D eigenvalue weighted by Gasteiger charge is 2.20. The molecule has 0 aliphatic heterocycles. The van der Waals surface area contributed by atoms with Gasteiger partial charge in [0, 0.05) is 44.2 Å². The first-order valence-electron chi connectivity index (χ1n) is 22.9. The van der Waals surface area contributed by atoms with E-state index in [9.17, 15) is 0 Å². The number of hydrogen-bond donors (Lipinski definition) is 0. The summed E-state index contributed by atoms with van der Waals surface area (Å²) < 4.78 is 8.65. The number of aromatic nitrogens is 1. The van der Waals surface area contributed by atoms with Crippen LogP contribution in [-0.2, 0) is 0 Å². The van der Waals surface area contributed by atoms with Crippen molar-refractivity contribution in [2.75, 3.05) is 4.90 Å². The fraction of sp³-hybridized carbons (Fsp3) is 0. The van der Waals surface area contributed by atoms with Crippen LogP contribution in [0.5, 0.6) is 0 Å². The fourth-order valence-electron chi connectivity index (χ4n) is 10.2. The molecule has 0 N–H and O–H groups in total. The van der Waals surface area contributed by atoms with Crippen molar-refractivity contribution in [2.45, 2.75) is 0 Å². The molecule has 0 aliphatic carbocycles. The zero-order valence-corrected chi connectivity index (χ0v) is 36.6. The molecule has 0 saturated carbocycles. The molecule has 0 aliphatic rings. The molecule has 2 aromatic heterocycles. The van der Waals surface area contributed by atoms with Gasteiger partial charge in [0.2, 0.25) is 0 Å².